The first-order valence-corrected chi connectivity index (χ1v) is 34.6. The van der Waals surface area contributed by atoms with Gasteiger partial charge in [-0.15, -0.1) is 0 Å². The maximum Gasteiger partial charge on any atom is 0.475 e. The summed E-state index contributed by atoms with van der Waals surface area (Å²) in [6.07, 6.45) is -33.6. The number of phosphoric ester groups is 1. The van der Waals surface area contributed by atoms with Crippen LogP contribution < -0.4 is 0 Å². The molecule has 3 aromatic carbocycles. The van der Waals surface area contributed by atoms with Crippen LogP contribution in [0.1, 0.15) is 38.5 Å². The van der Waals surface area contributed by atoms with E-state index in [0.717, 1.165) is 27.6 Å². The average Bonchev–Trinajstić information content (AvgIpc) is 0.797. The summed E-state index contributed by atoms with van der Waals surface area (Å²) in [6.45, 7) is -9.98. The molecular weight excluding hydrogens is 1330 g/mol. The van der Waals surface area contributed by atoms with E-state index in [0.29, 0.717) is 0 Å². The molecule has 6 aliphatic heterocycles. The molecule has 512 valence electrons. The third-order valence-corrected chi connectivity index (χ3v) is 23.5. The molecule has 0 N–H and O–H groups in total. The van der Waals surface area contributed by atoms with Crippen molar-refractivity contribution < 1.29 is 126 Å². The van der Waals surface area contributed by atoms with Gasteiger partial charge < -0.3 is 43.1 Å². The highest BCUT2D eigenvalue weighted by atomic mass is 32.2. The van der Waals surface area contributed by atoms with Gasteiger partial charge in [0.15, 0.2) is 0 Å². The van der Waals surface area contributed by atoms with Crippen LogP contribution in [0.4, 0.5) is 53.9 Å². The van der Waals surface area contributed by atoms with Gasteiger partial charge in [-0.25, -0.2) is 44.2 Å². The Bertz CT molecular complexity index is 3080. The molecule has 92 heavy (non-hydrogen) atoms. The van der Waals surface area contributed by atoms with Crippen molar-refractivity contribution in [2.45, 2.75) is 107 Å². The largest absolute Gasteiger partial charge is 0.475 e. The van der Waals surface area contributed by atoms with Crippen LogP contribution in [0.3, 0.4) is 0 Å². The highest BCUT2D eigenvalue weighted by Crippen LogP contribution is 2.52. The molecule has 3 unspecified atom stereocenters. The van der Waals surface area contributed by atoms with Crippen LogP contribution in [0.5, 0.6) is 0 Å². The maximum absolute atomic E-state index is 14.8. The van der Waals surface area contributed by atoms with E-state index in [2.05, 4.69) is 0 Å². The van der Waals surface area contributed by atoms with Gasteiger partial charge in [0.05, 0.1) is 51.3 Å². The third kappa shape index (κ3) is 17.0. The summed E-state index contributed by atoms with van der Waals surface area (Å²) >= 11 is 0. The Balaban J connectivity index is 0.866. The van der Waals surface area contributed by atoms with Crippen LogP contribution in [0.2, 0.25) is 0 Å². The molecule has 3 spiro atoms. The van der Waals surface area contributed by atoms with Crippen molar-refractivity contribution in [3.8, 4) is 0 Å². The second-order valence-corrected chi connectivity index (χ2v) is 30.1. The van der Waals surface area contributed by atoms with E-state index in [-0.39, 0.29) is 112 Å². The Kier molecular flexibility index (Phi) is 21.6. The number of hydrogen-bond acceptors (Lipinski definition) is 19. The lowest BCUT2D eigenvalue weighted by Crippen LogP contribution is -2.58. The van der Waals surface area contributed by atoms with Crippen LogP contribution in [-0.2, 0) is 76.6 Å². The summed E-state index contributed by atoms with van der Waals surface area (Å²) in [5.74, 6) is 0. The number of amides is 3. The van der Waals surface area contributed by atoms with Gasteiger partial charge in [0.2, 0.25) is 48.4 Å². The number of carbonyl (C=O) groups excluding carboxylic acids is 3. The van der Waals surface area contributed by atoms with Crippen molar-refractivity contribution in [1.82, 2.24) is 27.6 Å². The Labute approximate surface area is 523 Å². The minimum Gasteiger partial charge on any atom is -0.434 e. The number of halogens is 9. The predicted molar refractivity (Wildman–Crippen MR) is 299 cm³/mol. The molecule has 9 rings (SSSR count). The van der Waals surface area contributed by atoms with Crippen LogP contribution in [0.15, 0.2) is 106 Å². The number of morpholine rings is 3. The summed E-state index contributed by atoms with van der Waals surface area (Å²) < 4.78 is 278. The SMILES string of the molecule is O=C(OC(COP(=O)(OCC(OC(=O)N1CCC2(CC1)CN(S(=O)(=O)c1ccccc1)CCO2)C(F)(F)F)OCC(OC(=O)N1CCC2(CC1)CN(S(=O)(=O)c1ccccc1)CCO2)C(F)(F)F)C(F)(F)F)N1CCC2(CC1)CN(S(=O)(=O)c1ccccc1)CCO2. The summed E-state index contributed by atoms with van der Waals surface area (Å²) in [4.78, 5) is 42.5. The fourth-order valence-electron chi connectivity index (χ4n) is 11.2. The van der Waals surface area contributed by atoms with Crippen LogP contribution in [0.25, 0.3) is 0 Å². The number of benzene rings is 3. The lowest BCUT2D eigenvalue weighted by atomic mass is 9.90. The number of carbonyl (C=O) groups is 3. The van der Waals surface area contributed by atoms with Crippen LogP contribution >= 0.6 is 7.82 Å². The van der Waals surface area contributed by atoms with Crippen molar-refractivity contribution in [1.29, 1.82) is 0 Å². The second kappa shape index (κ2) is 28.1. The normalized spacial score (nSPS) is 22.3. The van der Waals surface area contributed by atoms with Gasteiger partial charge in [0.25, 0.3) is 0 Å². The molecule has 0 aromatic heterocycles. The van der Waals surface area contributed by atoms with Gasteiger partial charge in [-0.2, -0.15) is 52.4 Å². The number of sulfonamides is 3. The molecule has 38 heteroatoms. The highest BCUT2D eigenvalue weighted by Gasteiger charge is 2.53. The Morgan fingerprint density at radius 3 is 0.859 bits per heavy atom. The summed E-state index contributed by atoms with van der Waals surface area (Å²) in [7, 11) is -18.4. The molecule has 0 saturated carbocycles. The number of phosphoric acid groups is 1. The minimum atomic E-state index is -6.34. The molecule has 0 aliphatic carbocycles. The zero-order valence-electron chi connectivity index (χ0n) is 48.9. The number of alkyl halides is 9. The molecule has 3 atom stereocenters. The molecule has 6 aliphatic rings. The first-order valence-electron chi connectivity index (χ1n) is 28.8. The van der Waals surface area contributed by atoms with Gasteiger partial charge in [-0.3, -0.25) is 13.6 Å². The second-order valence-electron chi connectivity index (χ2n) is 22.6. The Morgan fingerprint density at radius 2 is 0.641 bits per heavy atom. The molecule has 3 aromatic rings. The van der Waals surface area contributed by atoms with Crippen LogP contribution in [-0.4, -0.2) is 243 Å². The van der Waals surface area contributed by atoms with E-state index >= 15 is 0 Å². The highest BCUT2D eigenvalue weighted by molar-refractivity contribution is 7.89. The van der Waals surface area contributed by atoms with Crippen LogP contribution in [0, 0.1) is 0 Å². The monoisotopic (exact) mass is 1400 g/mol. The molecule has 25 nitrogen and oxygen atoms in total. The first kappa shape index (κ1) is 70.9. The van der Waals surface area contributed by atoms with E-state index in [4.69, 9.17) is 42.0 Å². The lowest BCUT2D eigenvalue weighted by molar-refractivity contribution is -0.222. The van der Waals surface area contributed by atoms with Crippen molar-refractivity contribution in [2.75, 3.05) is 118 Å². The molecule has 0 radical (unpaired) electrons. The summed E-state index contributed by atoms with van der Waals surface area (Å²) in [5.41, 5.74) is -3.64. The topological polar surface area (TPSA) is 273 Å². The van der Waals surface area contributed by atoms with Crippen molar-refractivity contribution in [2.24, 2.45) is 0 Å². The van der Waals surface area contributed by atoms with Gasteiger partial charge in [0, 0.05) is 78.5 Å². The fourth-order valence-corrected chi connectivity index (χ4v) is 17.0. The first-order chi connectivity index (χ1) is 43.2. The number of likely N-dealkylation sites (tertiary alicyclic amines) is 3. The van der Waals surface area contributed by atoms with Gasteiger partial charge in [-0.1, -0.05) is 54.6 Å². The summed E-state index contributed by atoms with van der Waals surface area (Å²) in [5, 5.41) is 0. The predicted octanol–water partition coefficient (Wildman–Crippen LogP) is 7.01. The van der Waals surface area contributed by atoms with E-state index in [1.165, 1.54) is 72.8 Å². The van der Waals surface area contributed by atoms with E-state index < -0.39 is 169 Å². The number of rotatable bonds is 18. The van der Waals surface area contributed by atoms with Crippen molar-refractivity contribution in [3.63, 3.8) is 0 Å². The molecule has 0 bridgehead atoms. The maximum atomic E-state index is 14.8. The third-order valence-electron chi connectivity index (χ3n) is 16.6. The fraction of sp³-hybridized carbons (Fsp3) is 0.611. The van der Waals surface area contributed by atoms with E-state index in [9.17, 15) is 83.7 Å². The quantitative estimate of drug-likeness (QED) is 0.0703. The van der Waals surface area contributed by atoms with Crippen molar-refractivity contribution in [3.05, 3.63) is 91.0 Å². The number of hydrogen-bond donors (Lipinski definition) is 0. The lowest BCUT2D eigenvalue weighted by Gasteiger charge is -2.46. The number of piperidine rings is 3. The molecule has 3 amide bonds. The molecule has 6 heterocycles. The number of ether oxygens (including phenoxy) is 6. The average molecular weight is 1400 g/mol. The van der Waals surface area contributed by atoms with Gasteiger partial charge in [-0.05, 0) is 74.9 Å². The molecule has 6 saturated heterocycles. The minimum absolute atomic E-state index is 0.0204. The summed E-state index contributed by atoms with van der Waals surface area (Å²) in [6, 6.07) is 22.1. The van der Waals surface area contributed by atoms with Crippen molar-refractivity contribution >= 4 is 56.2 Å². The van der Waals surface area contributed by atoms with Gasteiger partial charge in [0.1, 0.15) is 19.8 Å². The molecular formula is C54H66F9N6O19PS3. The molecule has 6 fully saturated rings. The standard InChI is InChI=1S/C54H66F9N6O19PS3/c55-52(56,57)43(86-46(70)64-22-16-49(17-23-64)37-67(28-31-80-49)90(74,75)40-10-4-1-5-11-40)34-83-89(73,84-35-44(53(58,59)60)87-47(71)65-24-18-50(19-25-65)38-68(29-32-81-50)91(76,77)41-12-6-2-7-13-41)85-36-45(54(61,62)63)88-48(72)66-26-20-51(21-27-66)39-69(30-33-82-51)92(78,79)42-14-8-3-9-15-42/h1-15,43-45H,16-39H2. The Morgan fingerprint density at radius 1 is 0.413 bits per heavy atom. The zero-order chi connectivity index (χ0) is 66.6. The number of nitrogens with zero attached hydrogens (tertiary/aromatic N) is 6. The van der Waals surface area contributed by atoms with E-state index in [1.54, 1.807) is 18.2 Å². The van der Waals surface area contributed by atoms with Gasteiger partial charge >= 0.3 is 44.6 Å². The Hall–Kier alpha value is -5.44. The zero-order valence-corrected chi connectivity index (χ0v) is 52.2. The smallest absolute Gasteiger partial charge is 0.434 e. The van der Waals surface area contributed by atoms with E-state index in [1.807, 2.05) is 0 Å².